The zero-order valence-electron chi connectivity index (χ0n) is 8.03. The lowest BCUT2D eigenvalue weighted by molar-refractivity contribution is 0.724. The molecule has 0 saturated heterocycles. The minimum atomic E-state index is 0.166. The van der Waals surface area contributed by atoms with Crippen LogP contribution in [0.1, 0.15) is 13.3 Å². The highest BCUT2D eigenvalue weighted by Crippen LogP contribution is 2.24. The van der Waals surface area contributed by atoms with E-state index in [4.69, 9.17) is 5.26 Å². The van der Waals surface area contributed by atoms with E-state index >= 15 is 0 Å². The molecule has 3 heteroatoms. The summed E-state index contributed by atoms with van der Waals surface area (Å²) >= 11 is 5.16. The van der Waals surface area contributed by atoms with E-state index in [1.165, 1.54) is 4.90 Å². The Kier molecular flexibility index (Phi) is 5.06. The van der Waals surface area contributed by atoms with Gasteiger partial charge in [-0.2, -0.15) is 5.26 Å². The molecule has 0 spiro atoms. The molecule has 1 aromatic carbocycles. The first kappa shape index (κ1) is 11.6. The van der Waals surface area contributed by atoms with Crippen LogP contribution in [0.5, 0.6) is 0 Å². The van der Waals surface area contributed by atoms with Crippen molar-refractivity contribution >= 4 is 27.7 Å². The van der Waals surface area contributed by atoms with Crippen LogP contribution < -0.4 is 0 Å². The highest BCUT2D eigenvalue weighted by molar-refractivity contribution is 9.10. The Labute approximate surface area is 97.6 Å². The van der Waals surface area contributed by atoms with Crippen molar-refractivity contribution < 1.29 is 0 Å². The molecule has 0 fully saturated rings. The molecule has 0 aromatic heterocycles. The largest absolute Gasteiger partial charge is 0.198 e. The summed E-state index contributed by atoms with van der Waals surface area (Å²) in [5.41, 5.74) is 0. The van der Waals surface area contributed by atoms with Crippen molar-refractivity contribution in [3.63, 3.8) is 0 Å². The third kappa shape index (κ3) is 3.73. The van der Waals surface area contributed by atoms with Gasteiger partial charge in [-0.25, -0.2) is 0 Å². The zero-order chi connectivity index (χ0) is 10.4. The smallest absolute Gasteiger partial charge is 0.0664 e. The first-order chi connectivity index (χ1) is 6.76. The minimum Gasteiger partial charge on any atom is -0.198 e. The summed E-state index contributed by atoms with van der Waals surface area (Å²) < 4.78 is 1.09. The maximum absolute atomic E-state index is 8.79. The van der Waals surface area contributed by atoms with Crippen LogP contribution in [0.2, 0.25) is 0 Å². The maximum atomic E-state index is 8.79. The molecule has 1 nitrogen and oxygen atoms in total. The molecule has 1 rings (SSSR count). The fourth-order valence-electron chi connectivity index (χ4n) is 1.00. The van der Waals surface area contributed by atoms with Gasteiger partial charge in [0.05, 0.1) is 12.0 Å². The number of halogens is 1. The quantitative estimate of drug-likeness (QED) is 0.769. The van der Waals surface area contributed by atoms with Gasteiger partial charge in [-0.15, -0.1) is 11.8 Å². The lowest BCUT2D eigenvalue weighted by atomic mass is 10.1. The van der Waals surface area contributed by atoms with Crippen LogP contribution in [0, 0.1) is 17.2 Å². The topological polar surface area (TPSA) is 23.8 Å². The molecular weight excluding hydrogens is 258 g/mol. The molecule has 0 saturated carbocycles. The third-order valence-corrected chi connectivity index (χ3v) is 3.57. The molecule has 0 aliphatic heterocycles. The Morgan fingerprint density at radius 2 is 2.36 bits per heavy atom. The van der Waals surface area contributed by atoms with Crippen LogP contribution in [0.25, 0.3) is 0 Å². The van der Waals surface area contributed by atoms with Crippen LogP contribution in [0.3, 0.4) is 0 Å². The molecule has 0 heterocycles. The number of hydrogen-bond acceptors (Lipinski definition) is 2. The molecule has 0 aliphatic carbocycles. The van der Waals surface area contributed by atoms with Gasteiger partial charge in [0.25, 0.3) is 0 Å². The Hall–Kier alpha value is -0.460. The molecule has 0 bridgehead atoms. The van der Waals surface area contributed by atoms with Gasteiger partial charge in [-0.1, -0.05) is 28.9 Å². The van der Waals surface area contributed by atoms with E-state index in [0.717, 1.165) is 16.6 Å². The Morgan fingerprint density at radius 3 is 2.93 bits per heavy atom. The van der Waals surface area contributed by atoms with E-state index < -0.39 is 0 Å². The van der Waals surface area contributed by atoms with Gasteiger partial charge in [0.1, 0.15) is 0 Å². The molecule has 0 aliphatic rings. The van der Waals surface area contributed by atoms with E-state index in [2.05, 4.69) is 41.1 Å². The lowest BCUT2D eigenvalue weighted by Crippen LogP contribution is -1.97. The van der Waals surface area contributed by atoms with Crippen molar-refractivity contribution in [2.45, 2.75) is 18.2 Å². The van der Waals surface area contributed by atoms with Gasteiger partial charge >= 0.3 is 0 Å². The van der Waals surface area contributed by atoms with Gasteiger partial charge < -0.3 is 0 Å². The molecule has 1 unspecified atom stereocenters. The van der Waals surface area contributed by atoms with Crippen LogP contribution in [0.15, 0.2) is 33.6 Å². The molecule has 1 aromatic rings. The summed E-state index contributed by atoms with van der Waals surface area (Å²) in [5, 5.41) is 8.79. The van der Waals surface area contributed by atoms with Crippen molar-refractivity contribution in [3.05, 3.63) is 28.7 Å². The van der Waals surface area contributed by atoms with Gasteiger partial charge in [0.15, 0.2) is 0 Å². The van der Waals surface area contributed by atoms with Crippen molar-refractivity contribution in [2.75, 3.05) is 5.75 Å². The zero-order valence-corrected chi connectivity index (χ0v) is 10.4. The number of hydrogen-bond donors (Lipinski definition) is 0. The first-order valence-corrected chi connectivity index (χ1v) is 6.32. The van der Waals surface area contributed by atoms with Gasteiger partial charge in [0.2, 0.25) is 0 Å². The highest BCUT2D eigenvalue weighted by Gasteiger charge is 2.04. The fraction of sp³-hybridized carbons (Fsp3) is 0.364. The summed E-state index contributed by atoms with van der Waals surface area (Å²) in [6, 6.07) is 10.5. The SMILES string of the molecule is CCC(C#N)CSc1cccc(Br)c1. The number of rotatable bonds is 4. The molecule has 1 atom stereocenters. The van der Waals surface area contributed by atoms with Crippen LogP contribution in [0.4, 0.5) is 0 Å². The lowest BCUT2D eigenvalue weighted by Gasteiger charge is -2.05. The van der Waals surface area contributed by atoms with E-state index in [1.807, 2.05) is 12.1 Å². The number of benzene rings is 1. The van der Waals surface area contributed by atoms with Gasteiger partial charge in [-0.3, -0.25) is 0 Å². The standard InChI is InChI=1S/C11H12BrNS/c1-2-9(7-13)8-14-11-5-3-4-10(12)6-11/h3-6,9H,2,8H2,1H3. The molecule has 0 N–H and O–H groups in total. The van der Waals surface area contributed by atoms with Crippen LogP contribution in [-0.2, 0) is 0 Å². The summed E-state index contributed by atoms with van der Waals surface area (Å²) in [6.45, 7) is 2.05. The Balaban J connectivity index is 2.50. The first-order valence-electron chi connectivity index (χ1n) is 4.54. The Morgan fingerprint density at radius 1 is 1.57 bits per heavy atom. The van der Waals surface area contributed by atoms with E-state index in [-0.39, 0.29) is 5.92 Å². The third-order valence-electron chi connectivity index (χ3n) is 1.92. The number of thioether (sulfide) groups is 1. The predicted molar refractivity (Wildman–Crippen MR) is 64.3 cm³/mol. The van der Waals surface area contributed by atoms with Gasteiger partial charge in [0, 0.05) is 15.1 Å². The fourth-order valence-corrected chi connectivity index (χ4v) is 2.64. The summed E-state index contributed by atoms with van der Waals surface area (Å²) in [5.74, 6) is 1.04. The minimum absolute atomic E-state index is 0.166. The second-order valence-corrected chi connectivity index (χ2v) is 5.01. The van der Waals surface area contributed by atoms with Crippen molar-refractivity contribution in [1.82, 2.24) is 0 Å². The van der Waals surface area contributed by atoms with Crippen molar-refractivity contribution in [2.24, 2.45) is 5.92 Å². The van der Waals surface area contributed by atoms with Crippen LogP contribution in [-0.4, -0.2) is 5.75 Å². The van der Waals surface area contributed by atoms with Crippen molar-refractivity contribution in [1.29, 1.82) is 5.26 Å². The maximum Gasteiger partial charge on any atom is 0.0664 e. The number of nitrogens with zero attached hydrogens (tertiary/aromatic N) is 1. The molecule has 14 heavy (non-hydrogen) atoms. The normalized spacial score (nSPS) is 12.1. The number of nitriles is 1. The Bertz CT molecular complexity index is 332. The molecule has 0 amide bonds. The molecule has 74 valence electrons. The molecular formula is C11H12BrNS. The van der Waals surface area contributed by atoms with Crippen molar-refractivity contribution in [3.8, 4) is 6.07 Å². The highest BCUT2D eigenvalue weighted by atomic mass is 79.9. The predicted octanol–water partition coefficient (Wildman–Crippen LogP) is 4.09. The van der Waals surface area contributed by atoms with Gasteiger partial charge in [-0.05, 0) is 24.6 Å². The molecule has 0 radical (unpaired) electrons. The van der Waals surface area contributed by atoms with E-state index in [9.17, 15) is 0 Å². The van der Waals surface area contributed by atoms with E-state index in [1.54, 1.807) is 11.8 Å². The average molecular weight is 270 g/mol. The average Bonchev–Trinajstić information content (AvgIpc) is 2.19. The van der Waals surface area contributed by atoms with E-state index in [0.29, 0.717) is 0 Å². The van der Waals surface area contributed by atoms with Crippen LogP contribution >= 0.6 is 27.7 Å². The second-order valence-electron chi connectivity index (χ2n) is 3.00. The summed E-state index contributed by atoms with van der Waals surface area (Å²) in [7, 11) is 0. The second kappa shape index (κ2) is 6.10. The summed E-state index contributed by atoms with van der Waals surface area (Å²) in [6.07, 6.45) is 0.928. The monoisotopic (exact) mass is 269 g/mol. The summed E-state index contributed by atoms with van der Waals surface area (Å²) in [4.78, 5) is 1.22.